The number of fused-ring (bicyclic) bond motifs is 1. The van der Waals surface area contributed by atoms with Crippen LogP contribution in [0.2, 0.25) is 5.02 Å². The van der Waals surface area contributed by atoms with E-state index in [-0.39, 0.29) is 11.8 Å². The first-order valence-corrected chi connectivity index (χ1v) is 11.2. The van der Waals surface area contributed by atoms with Crippen molar-refractivity contribution in [2.75, 3.05) is 24.6 Å². The molecule has 6 nitrogen and oxygen atoms in total. The highest BCUT2D eigenvalue weighted by Gasteiger charge is 2.28. The molecule has 0 spiro atoms. The van der Waals surface area contributed by atoms with Crippen LogP contribution in [0.4, 0.5) is 5.82 Å². The minimum absolute atomic E-state index is 0.0597. The van der Waals surface area contributed by atoms with Crippen LogP contribution in [0, 0.1) is 5.92 Å². The SMILES string of the molecule is CCCOc1nc2ccccc2nc1N1CCCC(C(=O)NCc2ccc(Cl)cc2)C1. The molecular formula is C24H27ClN4O2. The van der Waals surface area contributed by atoms with E-state index in [1.165, 1.54) is 0 Å². The molecule has 1 amide bonds. The summed E-state index contributed by atoms with van der Waals surface area (Å²) in [5, 5.41) is 3.75. The molecule has 2 aromatic carbocycles. The number of hydrogen-bond donors (Lipinski definition) is 1. The van der Waals surface area contributed by atoms with E-state index in [1.54, 1.807) is 0 Å². The van der Waals surface area contributed by atoms with E-state index in [9.17, 15) is 4.79 Å². The summed E-state index contributed by atoms with van der Waals surface area (Å²) in [6, 6.07) is 15.3. The highest BCUT2D eigenvalue weighted by molar-refractivity contribution is 6.30. The van der Waals surface area contributed by atoms with Crippen LogP contribution in [0.15, 0.2) is 48.5 Å². The van der Waals surface area contributed by atoms with Gasteiger partial charge in [0.1, 0.15) is 0 Å². The number of nitrogens with one attached hydrogen (secondary N) is 1. The minimum atomic E-state index is -0.103. The second-order valence-corrected chi connectivity index (χ2v) is 8.26. The Morgan fingerprint density at radius 3 is 2.65 bits per heavy atom. The molecule has 1 saturated heterocycles. The fourth-order valence-corrected chi connectivity index (χ4v) is 3.92. The smallest absolute Gasteiger partial charge is 0.258 e. The average molecular weight is 439 g/mol. The Morgan fingerprint density at radius 1 is 1.16 bits per heavy atom. The lowest BCUT2D eigenvalue weighted by molar-refractivity contribution is -0.125. The molecule has 1 unspecified atom stereocenters. The number of piperidine rings is 1. The van der Waals surface area contributed by atoms with Crippen LogP contribution in [0.1, 0.15) is 31.7 Å². The third-order valence-corrected chi connectivity index (χ3v) is 5.69. The third kappa shape index (κ3) is 5.25. The summed E-state index contributed by atoms with van der Waals surface area (Å²) in [5.74, 6) is 1.22. The van der Waals surface area contributed by atoms with Gasteiger partial charge in [-0.2, -0.15) is 0 Å². The Kier molecular flexibility index (Phi) is 6.87. The first-order chi connectivity index (χ1) is 15.1. The molecule has 3 aromatic rings. The van der Waals surface area contributed by atoms with Crippen molar-refractivity contribution in [2.24, 2.45) is 5.92 Å². The molecule has 162 valence electrons. The molecular weight excluding hydrogens is 412 g/mol. The van der Waals surface area contributed by atoms with E-state index < -0.39 is 0 Å². The van der Waals surface area contributed by atoms with Gasteiger partial charge in [-0.15, -0.1) is 0 Å². The van der Waals surface area contributed by atoms with E-state index in [0.717, 1.165) is 48.2 Å². The normalized spacial score (nSPS) is 16.3. The summed E-state index contributed by atoms with van der Waals surface area (Å²) in [6.07, 6.45) is 2.67. The lowest BCUT2D eigenvalue weighted by atomic mass is 9.97. The Labute approximate surface area is 187 Å². The Bertz CT molecular complexity index is 1040. The second kappa shape index (κ2) is 9.96. The van der Waals surface area contributed by atoms with Crippen LogP contribution >= 0.6 is 11.6 Å². The number of halogens is 1. The summed E-state index contributed by atoms with van der Waals surface area (Å²) >= 11 is 5.94. The third-order valence-electron chi connectivity index (χ3n) is 5.44. The van der Waals surface area contributed by atoms with Gasteiger partial charge < -0.3 is 15.0 Å². The van der Waals surface area contributed by atoms with Crippen molar-refractivity contribution in [3.63, 3.8) is 0 Å². The van der Waals surface area contributed by atoms with E-state index >= 15 is 0 Å². The monoisotopic (exact) mass is 438 g/mol. The molecule has 31 heavy (non-hydrogen) atoms. The maximum atomic E-state index is 12.9. The number of amides is 1. The minimum Gasteiger partial charge on any atom is -0.475 e. The first-order valence-electron chi connectivity index (χ1n) is 10.8. The fraction of sp³-hybridized carbons (Fsp3) is 0.375. The van der Waals surface area contributed by atoms with Gasteiger partial charge in [-0.1, -0.05) is 42.8 Å². The molecule has 7 heteroatoms. The zero-order valence-corrected chi connectivity index (χ0v) is 18.4. The van der Waals surface area contributed by atoms with E-state index in [1.807, 2.05) is 48.5 Å². The summed E-state index contributed by atoms with van der Waals surface area (Å²) in [5.41, 5.74) is 2.67. The number of hydrogen-bond acceptors (Lipinski definition) is 5. The molecule has 1 aliphatic heterocycles. The van der Waals surface area contributed by atoms with Crippen molar-refractivity contribution < 1.29 is 9.53 Å². The molecule has 0 saturated carbocycles. The molecule has 4 rings (SSSR count). The van der Waals surface area contributed by atoms with E-state index in [4.69, 9.17) is 26.3 Å². The average Bonchev–Trinajstić information content (AvgIpc) is 2.81. The van der Waals surface area contributed by atoms with Crippen molar-refractivity contribution in [3.8, 4) is 5.88 Å². The predicted octanol–water partition coefficient (Wildman–Crippen LogP) is 4.60. The van der Waals surface area contributed by atoms with Crippen LogP contribution < -0.4 is 15.0 Å². The molecule has 0 radical (unpaired) electrons. The van der Waals surface area contributed by atoms with Crippen molar-refractivity contribution in [1.82, 2.24) is 15.3 Å². The topological polar surface area (TPSA) is 67.4 Å². The molecule has 1 aliphatic rings. The quantitative estimate of drug-likeness (QED) is 0.583. The Morgan fingerprint density at radius 2 is 1.90 bits per heavy atom. The van der Waals surface area contributed by atoms with Crippen LogP contribution in [-0.2, 0) is 11.3 Å². The highest BCUT2D eigenvalue weighted by Crippen LogP contribution is 2.31. The maximum Gasteiger partial charge on any atom is 0.258 e. The summed E-state index contributed by atoms with van der Waals surface area (Å²) in [6.45, 7) is 4.57. The molecule has 2 heterocycles. The van der Waals surface area contributed by atoms with Gasteiger partial charge >= 0.3 is 0 Å². The second-order valence-electron chi connectivity index (χ2n) is 7.82. The zero-order chi connectivity index (χ0) is 21.6. The van der Waals surface area contributed by atoms with Crippen molar-refractivity contribution in [2.45, 2.75) is 32.7 Å². The molecule has 1 N–H and O–H groups in total. The molecule has 1 aromatic heterocycles. The van der Waals surface area contributed by atoms with Crippen LogP contribution in [0.5, 0.6) is 5.88 Å². The first kappa shape index (κ1) is 21.4. The van der Waals surface area contributed by atoms with Gasteiger partial charge in [-0.3, -0.25) is 4.79 Å². The summed E-state index contributed by atoms with van der Waals surface area (Å²) in [7, 11) is 0. The van der Waals surface area contributed by atoms with Crippen LogP contribution in [0.25, 0.3) is 11.0 Å². The Hall–Kier alpha value is -2.86. The summed E-state index contributed by atoms with van der Waals surface area (Å²) < 4.78 is 5.93. The van der Waals surface area contributed by atoms with Gasteiger partial charge in [0, 0.05) is 24.7 Å². The molecule has 0 bridgehead atoms. The van der Waals surface area contributed by atoms with Crippen LogP contribution in [0.3, 0.4) is 0 Å². The number of rotatable bonds is 7. The van der Waals surface area contributed by atoms with Crippen molar-refractivity contribution >= 4 is 34.4 Å². The fourth-order valence-electron chi connectivity index (χ4n) is 3.80. The van der Waals surface area contributed by atoms with Gasteiger partial charge in [0.25, 0.3) is 5.88 Å². The standard InChI is InChI=1S/C24H27ClN4O2/c1-2-14-31-24-22(27-20-7-3-4-8-21(20)28-24)29-13-5-6-18(16-29)23(30)26-15-17-9-11-19(25)12-10-17/h3-4,7-12,18H,2,5-6,13-16H2,1H3,(H,26,30). The number of nitrogens with zero attached hydrogens (tertiary/aromatic N) is 3. The molecule has 1 atom stereocenters. The lowest BCUT2D eigenvalue weighted by Crippen LogP contribution is -2.43. The van der Waals surface area contributed by atoms with E-state index in [2.05, 4.69) is 17.1 Å². The largest absolute Gasteiger partial charge is 0.475 e. The number of carbonyl (C=O) groups excluding carboxylic acids is 1. The number of anilines is 1. The van der Waals surface area contributed by atoms with Crippen molar-refractivity contribution in [3.05, 3.63) is 59.1 Å². The Balaban J connectivity index is 1.48. The number of para-hydroxylation sites is 2. The lowest BCUT2D eigenvalue weighted by Gasteiger charge is -2.33. The van der Waals surface area contributed by atoms with Gasteiger partial charge in [0.15, 0.2) is 5.82 Å². The molecule has 0 aliphatic carbocycles. The van der Waals surface area contributed by atoms with Crippen molar-refractivity contribution in [1.29, 1.82) is 0 Å². The van der Waals surface area contributed by atoms with Gasteiger partial charge in [-0.25, -0.2) is 9.97 Å². The number of ether oxygens (including phenoxy) is 1. The maximum absolute atomic E-state index is 12.9. The number of aromatic nitrogens is 2. The summed E-state index contributed by atoms with van der Waals surface area (Å²) in [4.78, 5) is 24.5. The number of carbonyl (C=O) groups is 1. The van der Waals surface area contributed by atoms with Gasteiger partial charge in [0.05, 0.1) is 23.6 Å². The predicted molar refractivity (Wildman–Crippen MR) is 124 cm³/mol. The highest BCUT2D eigenvalue weighted by atomic mass is 35.5. The van der Waals surface area contributed by atoms with Gasteiger partial charge in [0.2, 0.25) is 5.91 Å². The number of benzene rings is 2. The van der Waals surface area contributed by atoms with Gasteiger partial charge in [-0.05, 0) is 49.1 Å². The van der Waals surface area contributed by atoms with Crippen LogP contribution in [-0.4, -0.2) is 35.6 Å². The van der Waals surface area contributed by atoms with E-state index in [0.29, 0.717) is 30.6 Å². The molecule has 1 fully saturated rings. The zero-order valence-electron chi connectivity index (χ0n) is 17.7.